The lowest BCUT2D eigenvalue weighted by Crippen LogP contribution is -2.29. The second-order valence-corrected chi connectivity index (χ2v) is 4.87. The lowest BCUT2D eigenvalue weighted by molar-refractivity contribution is 0.118. The molecule has 2 aromatic rings. The summed E-state index contributed by atoms with van der Waals surface area (Å²) in [6.07, 6.45) is 0. The lowest BCUT2D eigenvalue weighted by Gasteiger charge is -2.18. The second-order valence-electron chi connectivity index (χ2n) is 4.87. The zero-order valence-corrected chi connectivity index (χ0v) is 12.5. The third kappa shape index (κ3) is 4.63. The number of aliphatic hydroxyl groups is 1. The molecule has 0 atom stereocenters. The van der Waals surface area contributed by atoms with Crippen molar-refractivity contribution in [2.24, 2.45) is 0 Å². The van der Waals surface area contributed by atoms with Gasteiger partial charge in [-0.1, -0.05) is 28.9 Å². The summed E-state index contributed by atoms with van der Waals surface area (Å²) in [4.78, 5) is 6.42. The Balaban J connectivity index is 2.04. The topological polar surface area (TPSA) is 71.6 Å². The highest BCUT2D eigenvalue weighted by Gasteiger charge is 2.12. The minimum absolute atomic E-state index is 0.0859. The summed E-state index contributed by atoms with van der Waals surface area (Å²) in [6, 6.07) is 7.97. The van der Waals surface area contributed by atoms with Gasteiger partial charge in [0.25, 0.3) is 0 Å². The second kappa shape index (κ2) is 7.87. The molecule has 0 aliphatic carbocycles. The third-order valence-electron chi connectivity index (χ3n) is 3.13. The summed E-state index contributed by atoms with van der Waals surface area (Å²) in [5.74, 6) is 1.13. The maximum absolute atomic E-state index is 9.08. The SMILES string of the molecule is COCCN(CCO)Cc1nc(-c2cccc(C)c2)no1. The zero-order chi connectivity index (χ0) is 15.1. The van der Waals surface area contributed by atoms with Crippen molar-refractivity contribution >= 4 is 0 Å². The van der Waals surface area contributed by atoms with Crippen LogP contribution in [0.5, 0.6) is 0 Å². The number of ether oxygens (including phenoxy) is 1. The van der Waals surface area contributed by atoms with Crippen molar-refractivity contribution in [3.05, 3.63) is 35.7 Å². The van der Waals surface area contributed by atoms with Crippen molar-refractivity contribution in [2.75, 3.05) is 33.4 Å². The van der Waals surface area contributed by atoms with E-state index in [1.165, 1.54) is 0 Å². The Kier molecular flexibility index (Phi) is 5.86. The van der Waals surface area contributed by atoms with Crippen LogP contribution in [-0.4, -0.2) is 53.6 Å². The van der Waals surface area contributed by atoms with Gasteiger partial charge in [0.05, 0.1) is 19.8 Å². The Labute approximate surface area is 124 Å². The number of nitrogens with zero attached hydrogens (tertiary/aromatic N) is 3. The molecule has 1 aromatic heterocycles. The zero-order valence-electron chi connectivity index (χ0n) is 12.5. The Morgan fingerprint density at radius 3 is 2.90 bits per heavy atom. The highest BCUT2D eigenvalue weighted by Crippen LogP contribution is 2.17. The molecule has 0 bridgehead atoms. The summed E-state index contributed by atoms with van der Waals surface area (Å²) in [6.45, 7) is 4.47. The first-order chi connectivity index (χ1) is 10.2. The van der Waals surface area contributed by atoms with Crippen molar-refractivity contribution in [3.63, 3.8) is 0 Å². The van der Waals surface area contributed by atoms with Gasteiger partial charge < -0.3 is 14.4 Å². The first kappa shape index (κ1) is 15.6. The number of hydrogen-bond acceptors (Lipinski definition) is 6. The molecule has 0 amide bonds. The Hall–Kier alpha value is -1.76. The molecule has 0 radical (unpaired) electrons. The fraction of sp³-hybridized carbons (Fsp3) is 0.467. The molecule has 0 saturated heterocycles. The van der Waals surface area contributed by atoms with Crippen molar-refractivity contribution in [2.45, 2.75) is 13.5 Å². The lowest BCUT2D eigenvalue weighted by atomic mass is 10.1. The normalized spacial score (nSPS) is 11.2. The van der Waals surface area contributed by atoms with Crippen molar-refractivity contribution < 1.29 is 14.4 Å². The van der Waals surface area contributed by atoms with E-state index in [9.17, 15) is 0 Å². The molecule has 0 unspecified atom stereocenters. The van der Waals surface area contributed by atoms with Gasteiger partial charge in [-0.3, -0.25) is 4.90 Å². The third-order valence-corrected chi connectivity index (χ3v) is 3.13. The minimum Gasteiger partial charge on any atom is -0.395 e. The predicted molar refractivity (Wildman–Crippen MR) is 78.7 cm³/mol. The monoisotopic (exact) mass is 291 g/mol. The van der Waals surface area contributed by atoms with Gasteiger partial charge >= 0.3 is 0 Å². The molecule has 1 heterocycles. The number of methoxy groups -OCH3 is 1. The number of aromatic nitrogens is 2. The molecule has 1 aromatic carbocycles. The maximum Gasteiger partial charge on any atom is 0.241 e. The average Bonchev–Trinajstić information content (AvgIpc) is 2.93. The first-order valence-corrected chi connectivity index (χ1v) is 6.94. The van der Waals surface area contributed by atoms with E-state index in [1.807, 2.05) is 36.1 Å². The summed E-state index contributed by atoms with van der Waals surface area (Å²) in [5, 5.41) is 13.1. The van der Waals surface area contributed by atoms with Crippen LogP contribution in [0.4, 0.5) is 0 Å². The van der Waals surface area contributed by atoms with E-state index in [2.05, 4.69) is 10.1 Å². The number of rotatable bonds is 8. The molecule has 0 aliphatic rings. The van der Waals surface area contributed by atoms with Crippen molar-refractivity contribution in [1.82, 2.24) is 15.0 Å². The fourth-order valence-electron chi connectivity index (χ4n) is 2.04. The molecule has 6 heteroatoms. The van der Waals surface area contributed by atoms with E-state index in [4.69, 9.17) is 14.4 Å². The molecule has 0 fully saturated rings. The molecule has 21 heavy (non-hydrogen) atoms. The Morgan fingerprint density at radius 2 is 2.19 bits per heavy atom. The van der Waals surface area contributed by atoms with Crippen molar-refractivity contribution in [3.8, 4) is 11.4 Å². The summed E-state index contributed by atoms with van der Waals surface area (Å²) in [5.41, 5.74) is 2.09. The van der Waals surface area contributed by atoms with Crippen LogP contribution in [0, 0.1) is 6.92 Å². The van der Waals surface area contributed by atoms with Gasteiger partial charge in [-0.05, 0) is 13.0 Å². The van der Waals surface area contributed by atoms with Gasteiger partial charge in [0, 0.05) is 25.8 Å². The molecule has 114 valence electrons. The van der Waals surface area contributed by atoms with Gasteiger partial charge in [-0.15, -0.1) is 0 Å². The first-order valence-electron chi connectivity index (χ1n) is 6.94. The molecular formula is C15H21N3O3. The summed E-state index contributed by atoms with van der Waals surface area (Å²) in [7, 11) is 1.65. The van der Waals surface area contributed by atoms with E-state index < -0.39 is 0 Å². The predicted octanol–water partition coefficient (Wildman–Crippen LogP) is 1.49. The van der Waals surface area contributed by atoms with Crippen LogP contribution in [0.1, 0.15) is 11.5 Å². The largest absolute Gasteiger partial charge is 0.395 e. The average molecular weight is 291 g/mol. The van der Waals surface area contributed by atoms with Crippen LogP contribution in [-0.2, 0) is 11.3 Å². The van der Waals surface area contributed by atoms with Crippen LogP contribution in [0.25, 0.3) is 11.4 Å². The van der Waals surface area contributed by atoms with E-state index >= 15 is 0 Å². The Bertz CT molecular complexity index is 557. The molecule has 6 nitrogen and oxygen atoms in total. The number of benzene rings is 1. The molecule has 0 saturated carbocycles. The van der Waals surface area contributed by atoms with Gasteiger partial charge in [-0.2, -0.15) is 4.98 Å². The maximum atomic E-state index is 9.08. The quantitative estimate of drug-likeness (QED) is 0.794. The van der Waals surface area contributed by atoms with Gasteiger partial charge in [0.15, 0.2) is 0 Å². The van der Waals surface area contributed by atoms with Crippen LogP contribution in [0.3, 0.4) is 0 Å². The van der Waals surface area contributed by atoms with Crippen LogP contribution in [0.15, 0.2) is 28.8 Å². The van der Waals surface area contributed by atoms with Crippen LogP contribution < -0.4 is 0 Å². The molecule has 0 spiro atoms. The number of hydrogen-bond donors (Lipinski definition) is 1. The van der Waals surface area contributed by atoms with Gasteiger partial charge in [-0.25, -0.2) is 0 Å². The number of aliphatic hydroxyl groups excluding tert-OH is 1. The van der Waals surface area contributed by atoms with E-state index in [-0.39, 0.29) is 6.61 Å². The van der Waals surface area contributed by atoms with Crippen LogP contribution in [0.2, 0.25) is 0 Å². The Morgan fingerprint density at radius 1 is 1.33 bits per heavy atom. The van der Waals surface area contributed by atoms with Crippen molar-refractivity contribution in [1.29, 1.82) is 0 Å². The molecule has 2 rings (SSSR count). The minimum atomic E-state index is 0.0859. The highest BCUT2D eigenvalue weighted by atomic mass is 16.5. The highest BCUT2D eigenvalue weighted by molar-refractivity contribution is 5.55. The molecule has 0 aliphatic heterocycles. The summed E-state index contributed by atoms with van der Waals surface area (Å²) >= 11 is 0. The molecule has 1 N–H and O–H groups in total. The van der Waals surface area contributed by atoms with Crippen LogP contribution >= 0.6 is 0 Å². The smallest absolute Gasteiger partial charge is 0.241 e. The fourth-order valence-corrected chi connectivity index (χ4v) is 2.04. The van der Waals surface area contributed by atoms with Gasteiger partial charge in [0.2, 0.25) is 11.7 Å². The van der Waals surface area contributed by atoms with E-state index in [1.54, 1.807) is 7.11 Å². The summed E-state index contributed by atoms with van der Waals surface area (Å²) < 4.78 is 10.3. The standard InChI is InChI=1S/C15H21N3O3/c1-12-4-3-5-13(10-12)15-16-14(21-17-15)11-18(6-8-19)7-9-20-2/h3-5,10,19H,6-9,11H2,1-2H3. The van der Waals surface area contributed by atoms with Gasteiger partial charge in [0.1, 0.15) is 0 Å². The van der Waals surface area contributed by atoms with E-state index in [0.717, 1.165) is 11.1 Å². The van der Waals surface area contributed by atoms with E-state index in [0.29, 0.717) is 38.0 Å². The molecular weight excluding hydrogens is 270 g/mol. The number of aryl methyl sites for hydroxylation is 1.